The fourth-order valence-electron chi connectivity index (χ4n) is 5.24. The van der Waals surface area contributed by atoms with E-state index in [0.717, 1.165) is 21.8 Å². The molecule has 19 nitrogen and oxygen atoms in total. The number of aryl methyl sites for hydroxylation is 2. The number of nitro benzene ring substituents is 2. The van der Waals surface area contributed by atoms with Gasteiger partial charge in [-0.25, -0.2) is 9.59 Å². The Morgan fingerprint density at radius 2 is 0.875 bits per heavy atom. The van der Waals surface area contributed by atoms with E-state index in [0.29, 0.717) is 64.3 Å². The number of carboxylic acids is 2. The summed E-state index contributed by atoms with van der Waals surface area (Å²) in [5.74, 6) is -1.47. The minimum Gasteiger partial charge on any atom is -0.495 e. The standard InChI is InChI=1S/2C7H6ClNO2.C7H8ClNO.2C7H8ClN.C6H5Cl2N.C6H5ClN2O2.C6H6N2O2/c8-6-3-4(9)1-2-5(6)7(10)11;8-4-1-2-5(7(10)11)6(9)3-4;1-10-7-4-5(8)2-3-6(7)9;1-5-2-3-6(9)4-7(5)8;1-5-2-3-6(8)4-7(5)9;7-4-1-5(8)3-6(9)2-4;7-4-1-2-6(9(10)11)5(8)3-4;7-5-2-1-3-6(4-5)8(9)10/h2*1-3H,9H2,(H,10,11);2-4H,9H2,1H3;2*2-4H,9H2,1H3;1-3H,9H2;1-3H,8H2;1-4H,7H2. The number of nitrogen functional groups attached to an aromatic ring is 8. The van der Waals surface area contributed by atoms with Gasteiger partial charge in [0, 0.05) is 93.5 Å². The highest BCUT2D eigenvalue weighted by atomic mass is 35.5. The minimum atomic E-state index is -1.05. The molecule has 0 atom stereocenters. The number of nitro groups is 2. The van der Waals surface area contributed by atoms with Crippen molar-refractivity contribution in [2.75, 3.05) is 53.0 Å². The van der Waals surface area contributed by atoms with Crippen LogP contribution in [0, 0.1) is 34.1 Å². The molecule has 0 aliphatic heterocycles. The Bertz CT molecular complexity index is 3140. The highest BCUT2D eigenvalue weighted by molar-refractivity contribution is 6.35. The van der Waals surface area contributed by atoms with Crippen molar-refractivity contribution in [2.24, 2.45) is 0 Å². The normalized spacial score (nSPS) is 9.49. The van der Waals surface area contributed by atoms with Crippen LogP contribution in [0.5, 0.6) is 5.75 Å². The Morgan fingerprint density at radius 1 is 0.425 bits per heavy atom. The number of benzene rings is 8. The van der Waals surface area contributed by atoms with Gasteiger partial charge in [-0.2, -0.15) is 0 Å². The maximum Gasteiger partial charge on any atom is 0.337 e. The second-order valence-corrected chi connectivity index (χ2v) is 18.9. The first-order valence-electron chi connectivity index (χ1n) is 21.9. The number of methoxy groups -OCH3 is 1. The van der Waals surface area contributed by atoms with E-state index in [1.165, 1.54) is 66.7 Å². The van der Waals surface area contributed by atoms with Gasteiger partial charge in [0.15, 0.2) is 0 Å². The van der Waals surface area contributed by atoms with Gasteiger partial charge in [-0.15, -0.1) is 0 Å². The third-order valence-corrected chi connectivity index (χ3v) is 11.3. The van der Waals surface area contributed by atoms with Crippen molar-refractivity contribution in [2.45, 2.75) is 13.8 Å². The van der Waals surface area contributed by atoms with E-state index in [1.807, 2.05) is 38.1 Å². The first-order valence-corrected chi connectivity index (χ1v) is 25.0. The van der Waals surface area contributed by atoms with E-state index >= 15 is 0 Å². The first kappa shape index (κ1) is 70.0. The van der Waals surface area contributed by atoms with E-state index in [1.54, 1.807) is 67.8 Å². The highest BCUT2D eigenvalue weighted by Gasteiger charge is 2.10. The van der Waals surface area contributed by atoms with Gasteiger partial charge in [-0.1, -0.05) is 111 Å². The van der Waals surface area contributed by atoms with Crippen molar-refractivity contribution in [1.82, 2.24) is 0 Å². The number of carbonyl (C=O) groups is 2. The van der Waals surface area contributed by atoms with Crippen molar-refractivity contribution in [3.8, 4) is 5.75 Å². The number of halogens is 8. The summed E-state index contributed by atoms with van der Waals surface area (Å²) in [7, 11) is 1.56. The molecule has 0 fully saturated rings. The molecule has 0 unspecified atom stereocenters. The second-order valence-electron chi connectivity index (χ2n) is 15.5. The molecule has 0 spiro atoms. The van der Waals surface area contributed by atoms with Crippen molar-refractivity contribution >= 4 is 162 Å². The molecule has 8 rings (SSSR count). The molecule has 0 saturated heterocycles. The average molecular weight is 1260 g/mol. The molecular formula is C53H52Cl8N10O9. The van der Waals surface area contributed by atoms with Crippen LogP contribution in [0.2, 0.25) is 40.2 Å². The molecule has 8 aromatic carbocycles. The van der Waals surface area contributed by atoms with E-state index in [2.05, 4.69) is 0 Å². The van der Waals surface area contributed by atoms with Crippen LogP contribution < -0.4 is 50.6 Å². The van der Waals surface area contributed by atoms with Gasteiger partial charge in [0.1, 0.15) is 11.4 Å². The van der Waals surface area contributed by atoms with Gasteiger partial charge in [-0.05, 0) is 134 Å². The number of hydrogen-bond acceptors (Lipinski definition) is 15. The number of ether oxygens (including phenoxy) is 1. The Balaban J connectivity index is 0.000000458. The number of hydrogen-bond donors (Lipinski definition) is 10. The number of aromatic carboxylic acids is 2. The maximum atomic E-state index is 10.4. The van der Waals surface area contributed by atoms with Crippen LogP contribution >= 0.6 is 92.8 Å². The Labute approximate surface area is 499 Å². The molecule has 424 valence electrons. The molecule has 8 aromatic rings. The van der Waals surface area contributed by atoms with Crippen LogP contribution in [0.15, 0.2) is 152 Å². The maximum absolute atomic E-state index is 10.4. The third kappa shape index (κ3) is 27.6. The smallest absolute Gasteiger partial charge is 0.337 e. The molecule has 0 amide bonds. The average Bonchev–Trinajstić information content (AvgIpc) is 3.35. The Hall–Kier alpha value is -7.98. The summed E-state index contributed by atoms with van der Waals surface area (Å²) in [5, 5.41) is 41.6. The lowest BCUT2D eigenvalue weighted by atomic mass is 10.2. The number of nitrogens with two attached hydrogens (primary N) is 8. The number of anilines is 8. The predicted molar refractivity (Wildman–Crippen MR) is 330 cm³/mol. The van der Waals surface area contributed by atoms with Crippen LogP contribution in [0.1, 0.15) is 31.8 Å². The summed E-state index contributed by atoms with van der Waals surface area (Å²) in [4.78, 5) is 40.1. The summed E-state index contributed by atoms with van der Waals surface area (Å²) in [6.07, 6.45) is 0. The van der Waals surface area contributed by atoms with Gasteiger partial charge in [0.2, 0.25) is 0 Å². The first-order chi connectivity index (χ1) is 37.3. The van der Waals surface area contributed by atoms with Crippen LogP contribution in [0.3, 0.4) is 0 Å². The largest absolute Gasteiger partial charge is 0.495 e. The number of carboxylic acid groups (broad SMARTS) is 2. The summed E-state index contributed by atoms with van der Waals surface area (Å²) in [6, 6.07) is 39.5. The van der Waals surface area contributed by atoms with Gasteiger partial charge < -0.3 is 60.8 Å². The number of nitrogens with zero attached hydrogens (tertiary/aromatic N) is 2. The fraction of sp³-hybridized carbons (Fsp3) is 0.0566. The second kappa shape index (κ2) is 35.5. The summed E-state index contributed by atoms with van der Waals surface area (Å²) >= 11 is 44.8. The molecule has 27 heteroatoms. The van der Waals surface area contributed by atoms with Crippen molar-refractivity contribution in [1.29, 1.82) is 0 Å². The van der Waals surface area contributed by atoms with Crippen LogP contribution in [-0.4, -0.2) is 39.1 Å². The zero-order valence-electron chi connectivity index (χ0n) is 42.2. The molecule has 0 bridgehead atoms. The van der Waals surface area contributed by atoms with E-state index in [4.69, 9.17) is 154 Å². The topological polar surface area (TPSA) is 378 Å². The molecule has 0 aliphatic rings. The fourth-order valence-corrected chi connectivity index (χ4v) is 6.95. The minimum absolute atomic E-state index is 0.0278. The molecule has 0 aromatic heterocycles. The zero-order valence-corrected chi connectivity index (χ0v) is 48.3. The van der Waals surface area contributed by atoms with E-state index in [-0.39, 0.29) is 38.9 Å². The summed E-state index contributed by atoms with van der Waals surface area (Å²) in [6.45, 7) is 3.90. The van der Waals surface area contributed by atoms with Crippen molar-refractivity contribution < 1.29 is 34.4 Å². The molecule has 0 heterocycles. The number of rotatable bonds is 5. The lowest BCUT2D eigenvalue weighted by Gasteiger charge is -2.02. The van der Waals surface area contributed by atoms with Crippen molar-refractivity contribution in [3.63, 3.8) is 0 Å². The molecule has 18 N–H and O–H groups in total. The van der Waals surface area contributed by atoms with E-state index in [9.17, 15) is 29.8 Å². The Kier molecular flexibility index (Phi) is 31.1. The van der Waals surface area contributed by atoms with Gasteiger partial charge in [-0.3, -0.25) is 20.2 Å². The summed E-state index contributed by atoms with van der Waals surface area (Å²) < 4.78 is 4.92. The quantitative estimate of drug-likeness (QED) is 0.0435. The SMILES string of the molecule is COc1cc(Cl)ccc1N.Cc1ccc(Cl)cc1N.Cc1ccc(N)cc1Cl.Nc1cc(Cl)cc(Cl)c1.Nc1cc(Cl)ccc1C(=O)O.Nc1cc(Cl)ccc1[N+](=O)[O-].Nc1ccc(C(=O)O)c(Cl)c1.Nc1cccc([N+](=O)[O-])c1. The summed E-state index contributed by atoms with van der Waals surface area (Å²) in [5.41, 5.74) is 49.2. The van der Waals surface area contributed by atoms with Crippen LogP contribution in [-0.2, 0) is 0 Å². The zero-order chi connectivity index (χ0) is 61.0. The molecule has 0 aliphatic carbocycles. The molecule has 0 radical (unpaired) electrons. The third-order valence-electron chi connectivity index (χ3n) is 9.25. The lowest BCUT2D eigenvalue weighted by Crippen LogP contribution is -2.01. The predicted octanol–water partition coefficient (Wildman–Crippen LogP) is 15.2. The van der Waals surface area contributed by atoms with Crippen molar-refractivity contribution in [3.05, 3.63) is 234 Å². The van der Waals surface area contributed by atoms with Gasteiger partial charge in [0.05, 0.1) is 38.8 Å². The monoisotopic (exact) mass is 1250 g/mol. The Morgan fingerprint density at radius 3 is 1.27 bits per heavy atom. The highest BCUT2D eigenvalue weighted by Crippen LogP contribution is 2.26. The lowest BCUT2D eigenvalue weighted by molar-refractivity contribution is -0.384. The van der Waals surface area contributed by atoms with E-state index < -0.39 is 21.8 Å². The van der Waals surface area contributed by atoms with Crippen LogP contribution in [0.25, 0.3) is 0 Å². The van der Waals surface area contributed by atoms with Gasteiger partial charge in [0.25, 0.3) is 11.4 Å². The molecular weight excluding hydrogens is 1200 g/mol. The van der Waals surface area contributed by atoms with Crippen LogP contribution in [0.4, 0.5) is 56.9 Å². The number of non-ortho nitro benzene ring substituents is 1. The molecule has 80 heavy (non-hydrogen) atoms. The molecule has 0 saturated carbocycles. The van der Waals surface area contributed by atoms with Gasteiger partial charge >= 0.3 is 11.9 Å².